The molecule has 0 aliphatic heterocycles. The minimum atomic E-state index is 0. The maximum Gasteiger partial charge on any atom is 4.00 e. The summed E-state index contributed by atoms with van der Waals surface area (Å²) in [4.78, 5) is 0. The zero-order valence-electron chi connectivity index (χ0n) is 2.58. The molecule has 38 valence electrons. The van der Waals surface area contributed by atoms with Crippen molar-refractivity contribution >= 4 is 0 Å². The first-order chi connectivity index (χ1) is 0. The van der Waals surface area contributed by atoms with Crippen LogP contribution in [0.1, 0.15) is 0 Å². The van der Waals surface area contributed by atoms with Crippen LogP contribution in [-0.2, 0) is 55.2 Å². The van der Waals surface area contributed by atoms with E-state index < -0.39 is 0 Å². The Morgan fingerprint density at radius 1 is 0.667 bits per heavy atom. The second-order valence-electron chi connectivity index (χ2n) is 0. The molecule has 6 heteroatoms. The predicted octanol–water partition coefficient (Wildman–Crippen LogP) is -1.19. The van der Waals surface area contributed by atoms with Crippen LogP contribution < -0.4 is 0 Å². The molecule has 4 nitrogen and oxygen atoms in total. The second kappa shape index (κ2) is 136. The molecular formula is H2FeO4Ti. The smallest absolute Gasteiger partial charge is 2.00 e. The first-order valence-corrected chi connectivity index (χ1v) is 0. The summed E-state index contributed by atoms with van der Waals surface area (Å²) in [5, 5.41) is 0. The largest absolute Gasteiger partial charge is 4.00 e. The van der Waals surface area contributed by atoms with E-state index in [1.165, 1.54) is 0 Å². The van der Waals surface area contributed by atoms with Crippen LogP contribution in [0.15, 0.2) is 0 Å². The summed E-state index contributed by atoms with van der Waals surface area (Å²) >= 11 is 0. The van der Waals surface area contributed by atoms with Gasteiger partial charge in [-0.1, -0.05) is 0 Å². The van der Waals surface area contributed by atoms with E-state index >= 15 is 0 Å². The summed E-state index contributed by atoms with van der Waals surface area (Å²) in [6.07, 6.45) is 0. The van der Waals surface area contributed by atoms with Gasteiger partial charge in [-0.3, -0.25) is 0 Å². The van der Waals surface area contributed by atoms with Gasteiger partial charge in [-0.25, -0.2) is 0 Å². The zero-order valence-corrected chi connectivity index (χ0v) is 5.24. The van der Waals surface area contributed by atoms with Crippen LogP contribution in [0.5, 0.6) is 0 Å². The molecule has 0 bridgehead atoms. The minimum absolute atomic E-state index is 0. The average molecular weight is 170 g/mol. The van der Waals surface area contributed by atoms with E-state index in [4.69, 9.17) is 0 Å². The van der Waals surface area contributed by atoms with Crippen molar-refractivity contribution in [2.45, 2.75) is 0 Å². The molecule has 0 saturated heterocycles. The van der Waals surface area contributed by atoms with Crippen LogP contribution in [0.3, 0.4) is 0 Å². The van der Waals surface area contributed by atoms with Gasteiger partial charge in [-0.05, 0) is 0 Å². The predicted molar refractivity (Wildman–Crippen MR) is 5.67 cm³/mol. The Morgan fingerprint density at radius 2 is 0.667 bits per heavy atom. The van der Waals surface area contributed by atoms with Gasteiger partial charge in [0, 0.05) is 0 Å². The monoisotopic (exact) mass is 170 g/mol. The third kappa shape index (κ3) is 73.0. The van der Waals surface area contributed by atoms with Gasteiger partial charge in [-0.2, -0.15) is 0 Å². The molecule has 0 rings (SSSR count). The molecule has 0 heterocycles. The standard InChI is InChI=1S/Fe.H2O.3O.Ti/h;1H2;;;;/q+2;;3*-2;+4. The van der Waals surface area contributed by atoms with Crippen LogP contribution >= 0.6 is 0 Å². The normalized spacial score (nSPS) is 0. The molecule has 2 N–H and O–H groups in total. The van der Waals surface area contributed by atoms with E-state index in [1.54, 1.807) is 0 Å². The van der Waals surface area contributed by atoms with E-state index in [2.05, 4.69) is 0 Å². The topological polar surface area (TPSA) is 117 Å². The van der Waals surface area contributed by atoms with Crippen molar-refractivity contribution in [3.8, 4) is 0 Å². The Morgan fingerprint density at radius 3 is 0.667 bits per heavy atom. The summed E-state index contributed by atoms with van der Waals surface area (Å²) in [6, 6.07) is 0. The Kier molecular flexibility index (Phi) is 5120. The maximum atomic E-state index is 0. The number of rotatable bonds is 0. The molecule has 0 saturated carbocycles. The summed E-state index contributed by atoms with van der Waals surface area (Å²) in [7, 11) is 0. The van der Waals surface area contributed by atoms with Gasteiger partial charge in [0.25, 0.3) is 0 Å². The van der Waals surface area contributed by atoms with Gasteiger partial charge in [0.1, 0.15) is 0 Å². The molecule has 0 aliphatic carbocycles. The number of hydrogen-bond acceptors (Lipinski definition) is 0. The van der Waals surface area contributed by atoms with Crippen molar-refractivity contribution in [2.75, 3.05) is 0 Å². The summed E-state index contributed by atoms with van der Waals surface area (Å²) < 4.78 is 0. The van der Waals surface area contributed by atoms with Crippen molar-refractivity contribution in [3.63, 3.8) is 0 Å². The van der Waals surface area contributed by atoms with Crippen LogP contribution in [0.25, 0.3) is 0 Å². The van der Waals surface area contributed by atoms with Gasteiger partial charge < -0.3 is 21.9 Å². The van der Waals surface area contributed by atoms with Crippen LogP contribution in [-0.4, -0.2) is 5.48 Å². The van der Waals surface area contributed by atoms with Crippen LogP contribution in [0.2, 0.25) is 0 Å². The average Bonchev–Trinajstić information content (AvgIpc) is 0. The summed E-state index contributed by atoms with van der Waals surface area (Å²) in [6.45, 7) is 0. The Bertz CT molecular complexity index is 7.51. The zero-order chi connectivity index (χ0) is 0. The van der Waals surface area contributed by atoms with Crippen molar-refractivity contribution in [2.24, 2.45) is 0 Å². The van der Waals surface area contributed by atoms with E-state index in [-0.39, 0.29) is 60.7 Å². The second-order valence-corrected chi connectivity index (χ2v) is 0. The minimum Gasteiger partial charge on any atom is -2.00 e. The van der Waals surface area contributed by atoms with E-state index in [0.29, 0.717) is 0 Å². The third-order valence-corrected chi connectivity index (χ3v) is 0. The van der Waals surface area contributed by atoms with Gasteiger partial charge in [-0.15, -0.1) is 0 Å². The molecule has 0 aromatic rings. The van der Waals surface area contributed by atoms with Gasteiger partial charge in [0.15, 0.2) is 0 Å². The molecule has 6 heavy (non-hydrogen) atoms. The van der Waals surface area contributed by atoms with Gasteiger partial charge >= 0.3 is 38.8 Å². The quantitative estimate of drug-likeness (QED) is 0.406. The fourth-order valence-corrected chi connectivity index (χ4v) is 0. The molecule has 0 aliphatic rings. The summed E-state index contributed by atoms with van der Waals surface area (Å²) in [5.41, 5.74) is 0. The Labute approximate surface area is 60.9 Å². The number of hydrogen-bond donors (Lipinski definition) is 0. The molecule has 0 amide bonds. The van der Waals surface area contributed by atoms with Gasteiger partial charge in [0.2, 0.25) is 0 Å². The van der Waals surface area contributed by atoms with Crippen molar-refractivity contribution in [1.82, 2.24) is 0 Å². The van der Waals surface area contributed by atoms with Crippen molar-refractivity contribution in [3.05, 3.63) is 0 Å². The SMILES string of the molecule is O.[Fe+2].[O-2].[O-2].[O-2].[Ti+4]. The molecule has 0 radical (unpaired) electrons. The Balaban J connectivity index is 0. The maximum absolute atomic E-state index is 0. The molecule has 0 unspecified atom stereocenters. The fourth-order valence-electron chi connectivity index (χ4n) is 0. The molecular weight excluding hydrogens is 168 g/mol. The van der Waals surface area contributed by atoms with E-state index in [0.717, 1.165) is 0 Å². The first-order valence-electron chi connectivity index (χ1n) is 0. The van der Waals surface area contributed by atoms with Crippen molar-refractivity contribution in [1.29, 1.82) is 0 Å². The van der Waals surface area contributed by atoms with Crippen LogP contribution in [0, 0.1) is 0 Å². The van der Waals surface area contributed by atoms with E-state index in [9.17, 15) is 0 Å². The first kappa shape index (κ1) is 226. The van der Waals surface area contributed by atoms with E-state index in [1.807, 2.05) is 0 Å². The fraction of sp³-hybridized carbons (Fsp3) is 0. The molecule has 0 aromatic heterocycles. The molecule has 0 atom stereocenters. The molecule has 0 spiro atoms. The summed E-state index contributed by atoms with van der Waals surface area (Å²) in [5.74, 6) is 0. The van der Waals surface area contributed by atoms with Gasteiger partial charge in [0.05, 0.1) is 0 Å². The molecule has 0 fully saturated rings. The molecule has 0 aromatic carbocycles. The van der Waals surface area contributed by atoms with Crippen LogP contribution in [0.4, 0.5) is 0 Å². The third-order valence-electron chi connectivity index (χ3n) is 0. The van der Waals surface area contributed by atoms with Crippen molar-refractivity contribution < 1.29 is 60.7 Å². The Hall–Kier alpha value is 1.07.